The summed E-state index contributed by atoms with van der Waals surface area (Å²) >= 11 is 0. The van der Waals surface area contributed by atoms with Gasteiger partial charge in [0.15, 0.2) is 0 Å². The van der Waals surface area contributed by atoms with Crippen LogP contribution >= 0.6 is 6.83 Å². The molecule has 0 unspecified atom stereocenters. The molecule has 0 aromatic heterocycles. The van der Waals surface area contributed by atoms with E-state index in [1.807, 2.05) is 12.1 Å². The summed E-state index contributed by atoms with van der Waals surface area (Å²) in [6, 6.07) is 6.14. The van der Waals surface area contributed by atoms with Gasteiger partial charge in [-0.1, -0.05) is 71.6 Å². The smallest absolute Gasteiger partial charge is 0.0654 e. The molecule has 1 aromatic rings. The molecule has 0 radical (unpaired) electrons. The maximum atomic E-state index is 14.7. The third-order valence-corrected chi connectivity index (χ3v) is 21.3. The average molecular weight is 753 g/mol. The molecule has 0 fully saturated rings. The molecular formula is C46H89O3PS. The molecule has 0 bridgehead atoms. The zero-order valence-electron chi connectivity index (χ0n) is 35.4. The number of hydrogen-bond acceptors (Lipinski definition) is 3. The van der Waals surface area contributed by atoms with Crippen molar-refractivity contribution in [2.45, 2.75) is 239 Å². The Morgan fingerprint density at radius 3 is 1.18 bits per heavy atom. The molecule has 0 heterocycles. The van der Waals surface area contributed by atoms with E-state index >= 15 is 0 Å². The van der Waals surface area contributed by atoms with Crippen LogP contribution in [0.3, 0.4) is 0 Å². The SMILES string of the molecule is CCCCCCCCCCCCCc1cccc(S(=O)(=O)OP(CC)(CCCC)(CCCC)CCCC)c1CCCCCCCCCCCCC. The van der Waals surface area contributed by atoms with Gasteiger partial charge < -0.3 is 0 Å². The molecule has 51 heavy (non-hydrogen) atoms. The van der Waals surface area contributed by atoms with Crippen molar-refractivity contribution in [3.05, 3.63) is 29.3 Å². The first-order chi connectivity index (χ1) is 24.8. The van der Waals surface area contributed by atoms with E-state index in [1.54, 1.807) is 0 Å². The van der Waals surface area contributed by atoms with E-state index in [0.717, 1.165) is 94.4 Å². The van der Waals surface area contributed by atoms with Crippen LogP contribution in [0, 0.1) is 0 Å². The first kappa shape index (κ1) is 48.6. The summed E-state index contributed by atoms with van der Waals surface area (Å²) in [6.07, 6.45) is 41.0. The molecule has 0 N–H and O–H groups in total. The molecule has 0 spiro atoms. The van der Waals surface area contributed by atoms with E-state index in [9.17, 15) is 8.42 Å². The number of hydrogen-bond donors (Lipinski definition) is 0. The van der Waals surface area contributed by atoms with Gasteiger partial charge in [-0.05, 0) is 0 Å². The second-order valence-electron chi connectivity index (χ2n) is 16.4. The van der Waals surface area contributed by atoms with E-state index in [1.165, 1.54) is 134 Å². The van der Waals surface area contributed by atoms with Crippen LogP contribution in [0.5, 0.6) is 0 Å². The summed E-state index contributed by atoms with van der Waals surface area (Å²) in [5, 5.41) is 0. The van der Waals surface area contributed by atoms with Gasteiger partial charge in [0.1, 0.15) is 0 Å². The summed E-state index contributed by atoms with van der Waals surface area (Å²) in [4.78, 5) is 0.502. The van der Waals surface area contributed by atoms with Gasteiger partial charge in [-0.15, -0.1) is 0 Å². The minimum Gasteiger partial charge on any atom is -0.0654 e. The van der Waals surface area contributed by atoms with E-state index in [-0.39, 0.29) is 0 Å². The third-order valence-electron chi connectivity index (χ3n) is 11.9. The van der Waals surface area contributed by atoms with Crippen molar-refractivity contribution in [3.8, 4) is 0 Å². The first-order valence-corrected chi connectivity index (χ1v) is 27.1. The summed E-state index contributed by atoms with van der Waals surface area (Å²) in [5.74, 6) is 0. The molecule has 1 aromatic carbocycles. The van der Waals surface area contributed by atoms with E-state index < -0.39 is 16.9 Å². The molecule has 0 amide bonds. The van der Waals surface area contributed by atoms with Crippen molar-refractivity contribution in [1.29, 1.82) is 0 Å². The molecule has 0 aliphatic rings. The van der Waals surface area contributed by atoms with Gasteiger partial charge >= 0.3 is 251 Å². The van der Waals surface area contributed by atoms with E-state index in [2.05, 4.69) is 47.6 Å². The van der Waals surface area contributed by atoms with Gasteiger partial charge in [0.25, 0.3) is 0 Å². The second kappa shape index (κ2) is 29.9. The minimum absolute atomic E-state index is 0.502. The van der Waals surface area contributed by atoms with E-state index in [4.69, 9.17) is 3.97 Å². The Hall–Kier alpha value is -0.440. The predicted molar refractivity (Wildman–Crippen MR) is 232 cm³/mol. The Labute approximate surface area is 321 Å². The van der Waals surface area contributed by atoms with Crippen molar-refractivity contribution in [2.24, 2.45) is 0 Å². The Kier molecular flexibility index (Phi) is 28.4. The Bertz CT molecular complexity index is 1040. The summed E-state index contributed by atoms with van der Waals surface area (Å²) < 4.78 is 36.5. The Morgan fingerprint density at radius 2 is 0.804 bits per heavy atom. The van der Waals surface area contributed by atoms with Crippen LogP contribution in [0.4, 0.5) is 0 Å². The van der Waals surface area contributed by atoms with Crippen LogP contribution in [0.25, 0.3) is 0 Å². The second-order valence-corrected chi connectivity index (χ2v) is 24.0. The Balaban J connectivity index is 3.11. The third kappa shape index (κ3) is 20.2. The summed E-state index contributed by atoms with van der Waals surface area (Å²) in [5.41, 5.74) is 2.34. The first-order valence-electron chi connectivity index (χ1n) is 22.8. The molecule has 0 atom stereocenters. The minimum atomic E-state index is -3.89. The fourth-order valence-electron chi connectivity index (χ4n) is 8.28. The molecule has 0 saturated heterocycles. The van der Waals surface area contributed by atoms with Gasteiger partial charge in [0.2, 0.25) is 0 Å². The average Bonchev–Trinajstić information content (AvgIpc) is 3.13. The van der Waals surface area contributed by atoms with Gasteiger partial charge in [-0.3, -0.25) is 0 Å². The molecule has 0 saturated carbocycles. The van der Waals surface area contributed by atoms with Crippen molar-refractivity contribution >= 4 is 16.9 Å². The van der Waals surface area contributed by atoms with Gasteiger partial charge in [-0.2, -0.15) is 0 Å². The van der Waals surface area contributed by atoms with Crippen molar-refractivity contribution in [2.75, 3.05) is 24.6 Å². The van der Waals surface area contributed by atoms with Crippen LogP contribution in [0.15, 0.2) is 23.1 Å². The normalized spacial score (nSPS) is 13.1. The van der Waals surface area contributed by atoms with E-state index in [0.29, 0.717) is 4.90 Å². The quantitative estimate of drug-likeness (QED) is 0.0502. The van der Waals surface area contributed by atoms with Gasteiger partial charge in [-0.25, -0.2) is 0 Å². The molecule has 0 aliphatic heterocycles. The summed E-state index contributed by atoms with van der Waals surface area (Å²) in [6.45, 7) is 10.6. The molecule has 0 aliphatic carbocycles. The topological polar surface area (TPSA) is 43.4 Å². The summed E-state index contributed by atoms with van der Waals surface area (Å²) in [7, 11) is -3.89. The van der Waals surface area contributed by atoms with Gasteiger partial charge in [0.05, 0.1) is 0 Å². The van der Waals surface area contributed by atoms with Crippen LogP contribution in [-0.2, 0) is 26.9 Å². The van der Waals surface area contributed by atoms with Crippen LogP contribution in [-0.4, -0.2) is 33.1 Å². The number of aryl methyl sites for hydroxylation is 1. The van der Waals surface area contributed by atoms with Crippen LogP contribution < -0.4 is 0 Å². The van der Waals surface area contributed by atoms with Crippen LogP contribution in [0.2, 0.25) is 0 Å². The molecule has 5 heteroatoms. The monoisotopic (exact) mass is 753 g/mol. The zero-order valence-corrected chi connectivity index (χ0v) is 37.1. The maximum absolute atomic E-state index is 14.7. The number of unbranched alkanes of at least 4 members (excludes halogenated alkanes) is 23. The molecule has 302 valence electrons. The van der Waals surface area contributed by atoms with Crippen molar-refractivity contribution in [1.82, 2.24) is 0 Å². The predicted octanol–water partition coefficient (Wildman–Crippen LogP) is 16.0. The Morgan fingerprint density at radius 1 is 0.451 bits per heavy atom. The molecular weight excluding hydrogens is 664 g/mol. The van der Waals surface area contributed by atoms with Crippen molar-refractivity contribution in [3.63, 3.8) is 0 Å². The van der Waals surface area contributed by atoms with Crippen molar-refractivity contribution < 1.29 is 12.4 Å². The molecule has 1 rings (SSSR count). The zero-order chi connectivity index (χ0) is 37.5. The van der Waals surface area contributed by atoms with Crippen LogP contribution in [0.1, 0.15) is 232 Å². The van der Waals surface area contributed by atoms with Gasteiger partial charge in [0, 0.05) is 0 Å². The fourth-order valence-corrected chi connectivity index (χ4v) is 17.9. The fraction of sp³-hybridized carbons (Fsp3) is 0.870. The number of rotatable bonds is 37. The number of benzene rings is 1. The molecule has 3 nitrogen and oxygen atoms in total. The standard InChI is InChI=1S/C46H89O3PS/c1-7-13-18-20-22-24-26-28-30-32-34-37-44-38-36-40-46(45(44)39-35-33-31-29-27-25-23-21-19-14-8-2)51(47,48)49-50(12-6,41-15-9-3,42-16-10-4)43-17-11-5/h36,38,40H,7-35,37,39,41-43H2,1-6H3.